The highest BCUT2D eigenvalue weighted by Gasteiger charge is 2.27. The summed E-state index contributed by atoms with van der Waals surface area (Å²) in [6.45, 7) is 4.68. The van der Waals surface area contributed by atoms with Gasteiger partial charge in [0, 0.05) is 6.66 Å². The van der Waals surface area contributed by atoms with Gasteiger partial charge in [0.2, 0.25) is 7.37 Å². The van der Waals surface area contributed by atoms with Crippen LogP contribution in [0.2, 0.25) is 10.0 Å². The lowest BCUT2D eigenvalue weighted by Crippen LogP contribution is -2.11. The second-order valence-electron chi connectivity index (χ2n) is 4.42. The monoisotopic (exact) mass is 360 g/mol. The van der Waals surface area contributed by atoms with Crippen LogP contribution in [0.4, 0.5) is 0 Å². The minimum Gasteiger partial charge on any atom is -0.324 e. The van der Waals surface area contributed by atoms with E-state index < -0.39 is 23.8 Å². The Hall–Kier alpha value is -0.100. The number of halogens is 2. The van der Waals surface area contributed by atoms with Gasteiger partial charge in [0.25, 0.3) is 10.1 Å². The Morgan fingerprint density at radius 2 is 1.75 bits per heavy atom. The number of hydrogen-bond donors (Lipinski definition) is 0. The van der Waals surface area contributed by atoms with Crippen molar-refractivity contribution in [3.8, 4) is 0 Å². The van der Waals surface area contributed by atoms with Crippen LogP contribution in [0, 0.1) is 0 Å². The van der Waals surface area contributed by atoms with Gasteiger partial charge in [0.15, 0.2) is 0 Å². The molecule has 0 radical (unpaired) electrons. The summed E-state index contributed by atoms with van der Waals surface area (Å²) in [6.07, 6.45) is -0.879. The van der Waals surface area contributed by atoms with Gasteiger partial charge in [-0.15, -0.1) is 0 Å². The average Bonchev–Trinajstić information content (AvgIpc) is 2.24. The minimum atomic E-state index is -4.21. The molecular formula is C11H15Cl2O5PS. The van der Waals surface area contributed by atoms with Gasteiger partial charge in [-0.2, -0.15) is 8.42 Å². The largest absolute Gasteiger partial charge is 0.324 e. The second-order valence-corrected chi connectivity index (χ2v) is 9.28. The van der Waals surface area contributed by atoms with Gasteiger partial charge < -0.3 is 4.52 Å². The Labute approximate surface area is 128 Å². The van der Waals surface area contributed by atoms with Crippen molar-refractivity contribution in [3.63, 3.8) is 0 Å². The lowest BCUT2D eigenvalue weighted by molar-refractivity contribution is 0.230. The third kappa shape index (κ3) is 5.02. The van der Waals surface area contributed by atoms with Crippen LogP contribution in [0.1, 0.15) is 13.8 Å². The fourth-order valence-electron chi connectivity index (χ4n) is 1.42. The van der Waals surface area contributed by atoms with Crippen molar-refractivity contribution in [2.75, 3.05) is 13.0 Å². The first kappa shape index (κ1) is 18.0. The standard InChI is InChI=1S/C11H15Cl2O5PS/c1-8(2)18-19(3,14)7-17-20(15,16)11-9(12)5-4-6-10(11)13/h4-6,8H,7H2,1-3H3. The molecule has 0 N–H and O–H groups in total. The van der Waals surface area contributed by atoms with E-state index in [2.05, 4.69) is 0 Å². The van der Waals surface area contributed by atoms with E-state index in [1.54, 1.807) is 13.8 Å². The zero-order valence-electron chi connectivity index (χ0n) is 11.2. The molecule has 0 aliphatic heterocycles. The van der Waals surface area contributed by atoms with E-state index >= 15 is 0 Å². The molecule has 0 aromatic heterocycles. The third-order valence-electron chi connectivity index (χ3n) is 2.05. The summed E-state index contributed by atoms with van der Waals surface area (Å²) in [4.78, 5) is -0.340. The SMILES string of the molecule is CC(C)OP(C)(=O)COS(=O)(=O)c1c(Cl)cccc1Cl. The highest BCUT2D eigenvalue weighted by Crippen LogP contribution is 2.45. The average molecular weight is 361 g/mol. The first-order valence-corrected chi connectivity index (χ1v) is 10.1. The van der Waals surface area contributed by atoms with Crippen molar-refractivity contribution in [2.24, 2.45) is 0 Å². The summed E-state index contributed by atoms with van der Waals surface area (Å²) in [7, 11) is -7.39. The van der Waals surface area contributed by atoms with Gasteiger partial charge in [-0.05, 0) is 26.0 Å². The molecule has 0 bridgehead atoms. The van der Waals surface area contributed by atoms with Crippen molar-refractivity contribution >= 4 is 40.7 Å². The van der Waals surface area contributed by atoms with Crippen molar-refractivity contribution < 1.29 is 21.7 Å². The maximum Gasteiger partial charge on any atom is 0.300 e. The first-order chi connectivity index (χ1) is 9.05. The topological polar surface area (TPSA) is 69.7 Å². The first-order valence-electron chi connectivity index (χ1n) is 5.63. The summed E-state index contributed by atoms with van der Waals surface area (Å²) in [5.74, 6) is 0. The van der Waals surface area contributed by atoms with E-state index in [1.807, 2.05) is 0 Å². The zero-order chi connectivity index (χ0) is 15.6. The molecule has 5 nitrogen and oxygen atoms in total. The van der Waals surface area contributed by atoms with E-state index in [0.717, 1.165) is 0 Å². The molecule has 9 heteroatoms. The minimum absolute atomic E-state index is 0.0618. The zero-order valence-corrected chi connectivity index (χ0v) is 14.4. The van der Waals surface area contributed by atoms with Crippen LogP contribution in [0.3, 0.4) is 0 Å². The molecule has 0 aliphatic rings. The summed E-state index contributed by atoms with van der Waals surface area (Å²) >= 11 is 11.6. The second kappa shape index (κ2) is 6.77. The molecular weight excluding hydrogens is 346 g/mol. The van der Waals surface area contributed by atoms with E-state index in [9.17, 15) is 13.0 Å². The van der Waals surface area contributed by atoms with Gasteiger partial charge in [-0.25, -0.2) is 0 Å². The molecule has 0 saturated heterocycles. The van der Waals surface area contributed by atoms with Crippen molar-refractivity contribution in [1.82, 2.24) is 0 Å². The van der Waals surface area contributed by atoms with E-state index in [-0.39, 0.29) is 21.0 Å². The molecule has 20 heavy (non-hydrogen) atoms. The molecule has 0 saturated carbocycles. The summed E-state index contributed by atoms with van der Waals surface area (Å²) in [6, 6.07) is 4.26. The third-order valence-corrected chi connectivity index (χ3v) is 5.91. The molecule has 1 unspecified atom stereocenters. The van der Waals surface area contributed by atoms with E-state index in [4.69, 9.17) is 31.9 Å². The quantitative estimate of drug-likeness (QED) is 0.566. The molecule has 114 valence electrons. The van der Waals surface area contributed by atoms with E-state index in [0.29, 0.717) is 0 Å². The predicted molar refractivity (Wildman–Crippen MR) is 79.4 cm³/mol. The Morgan fingerprint density at radius 3 is 2.20 bits per heavy atom. The molecule has 0 spiro atoms. The van der Waals surface area contributed by atoms with Crippen LogP contribution < -0.4 is 0 Å². The molecule has 1 atom stereocenters. The molecule has 0 amide bonds. The van der Waals surface area contributed by atoms with Gasteiger partial charge in [0.05, 0.1) is 16.1 Å². The van der Waals surface area contributed by atoms with Crippen molar-refractivity contribution in [1.29, 1.82) is 0 Å². The molecule has 0 heterocycles. The number of rotatable bonds is 6. The summed E-state index contributed by atoms with van der Waals surface area (Å²) < 4.78 is 46.0. The van der Waals surface area contributed by atoms with Crippen LogP contribution in [-0.2, 0) is 23.4 Å². The van der Waals surface area contributed by atoms with Crippen LogP contribution in [0.25, 0.3) is 0 Å². The highest BCUT2D eigenvalue weighted by molar-refractivity contribution is 7.87. The number of benzene rings is 1. The van der Waals surface area contributed by atoms with Crippen LogP contribution in [-0.4, -0.2) is 27.5 Å². The van der Waals surface area contributed by atoms with Crippen LogP contribution in [0.5, 0.6) is 0 Å². The molecule has 1 aromatic rings. The molecule has 0 fully saturated rings. The Bertz CT molecular complexity index is 609. The van der Waals surface area contributed by atoms with Gasteiger partial charge >= 0.3 is 0 Å². The lowest BCUT2D eigenvalue weighted by Gasteiger charge is -2.17. The van der Waals surface area contributed by atoms with Gasteiger partial charge in [-0.1, -0.05) is 29.3 Å². The Kier molecular flexibility index (Phi) is 6.08. The lowest BCUT2D eigenvalue weighted by atomic mass is 10.4. The maximum absolute atomic E-state index is 12.0. The molecule has 0 aliphatic carbocycles. The fraction of sp³-hybridized carbons (Fsp3) is 0.455. The van der Waals surface area contributed by atoms with Crippen LogP contribution in [0.15, 0.2) is 23.1 Å². The Morgan fingerprint density at radius 1 is 1.25 bits per heavy atom. The van der Waals surface area contributed by atoms with Crippen molar-refractivity contribution in [3.05, 3.63) is 28.2 Å². The Balaban J connectivity index is 2.95. The normalized spacial score (nSPS) is 15.3. The fourth-order valence-corrected chi connectivity index (χ4v) is 5.39. The summed E-state index contributed by atoms with van der Waals surface area (Å²) in [5.41, 5.74) is 0. The maximum atomic E-state index is 12.0. The smallest absolute Gasteiger partial charge is 0.300 e. The van der Waals surface area contributed by atoms with Crippen molar-refractivity contribution in [2.45, 2.75) is 24.8 Å². The van der Waals surface area contributed by atoms with Gasteiger partial charge in [0.1, 0.15) is 11.2 Å². The number of hydrogen-bond acceptors (Lipinski definition) is 5. The van der Waals surface area contributed by atoms with Crippen LogP contribution >= 0.6 is 30.6 Å². The predicted octanol–water partition coefficient (Wildman–Crippen LogP) is 3.99. The van der Waals surface area contributed by atoms with E-state index in [1.165, 1.54) is 24.9 Å². The highest BCUT2D eigenvalue weighted by atomic mass is 35.5. The summed E-state index contributed by atoms with van der Waals surface area (Å²) in [5, 5.41) is -0.124. The molecule has 1 aromatic carbocycles. The molecule has 1 rings (SSSR count). The van der Waals surface area contributed by atoms with Gasteiger partial charge in [-0.3, -0.25) is 8.75 Å².